The molecule has 5 nitrogen and oxygen atoms in total. The van der Waals surface area contributed by atoms with Crippen molar-refractivity contribution in [1.29, 1.82) is 0 Å². The molecule has 0 unspecified atom stereocenters. The standard InChI is InChI=1S/C34H25FN2O3/c1-20-15-17-27-22(19-20)16-18-28-34(24-12-6-8-14-26(24)36-33(34)40)29(32(39)23-11-5-7-13-25(23)35)30(37(27)28)31(38)21-9-3-2-4-10-21/h2-19,28-30H,1H3,(H,36,40)/t28-,29+,30+,34-/m1/s1. The van der Waals surface area contributed by atoms with E-state index in [-0.39, 0.29) is 17.3 Å². The number of anilines is 2. The van der Waals surface area contributed by atoms with Crippen molar-refractivity contribution in [3.8, 4) is 0 Å². The number of ketones is 2. The van der Waals surface area contributed by atoms with E-state index in [9.17, 15) is 14.4 Å². The minimum atomic E-state index is -1.47. The maximum absolute atomic E-state index is 15.2. The molecule has 0 radical (unpaired) electrons. The number of nitrogens with one attached hydrogen (secondary N) is 1. The quantitative estimate of drug-likeness (QED) is 0.331. The van der Waals surface area contributed by atoms with Gasteiger partial charge in [-0.1, -0.05) is 84.4 Å². The zero-order valence-electron chi connectivity index (χ0n) is 21.7. The van der Waals surface area contributed by atoms with E-state index in [4.69, 9.17) is 0 Å². The fourth-order valence-electron chi connectivity index (χ4n) is 6.90. The summed E-state index contributed by atoms with van der Waals surface area (Å²) in [6, 6.07) is 26.0. The highest BCUT2D eigenvalue weighted by molar-refractivity contribution is 6.18. The van der Waals surface area contributed by atoms with Crippen molar-refractivity contribution < 1.29 is 18.8 Å². The van der Waals surface area contributed by atoms with E-state index >= 15 is 4.39 Å². The Morgan fingerprint density at radius 1 is 0.875 bits per heavy atom. The monoisotopic (exact) mass is 528 g/mol. The average molecular weight is 529 g/mol. The number of carbonyl (C=O) groups excluding carboxylic acids is 3. The van der Waals surface area contributed by atoms with Crippen LogP contribution in [0.5, 0.6) is 0 Å². The third kappa shape index (κ3) is 3.22. The van der Waals surface area contributed by atoms with Crippen LogP contribution in [0.2, 0.25) is 0 Å². The number of hydrogen-bond donors (Lipinski definition) is 1. The van der Waals surface area contributed by atoms with Gasteiger partial charge in [0.05, 0.1) is 17.5 Å². The smallest absolute Gasteiger partial charge is 0.238 e. The first-order valence-corrected chi connectivity index (χ1v) is 13.3. The van der Waals surface area contributed by atoms with Gasteiger partial charge in [-0.25, -0.2) is 4.39 Å². The Hall–Kier alpha value is -4.84. The van der Waals surface area contributed by atoms with E-state index in [1.54, 1.807) is 36.4 Å². The van der Waals surface area contributed by atoms with Crippen molar-refractivity contribution in [1.82, 2.24) is 0 Å². The number of halogens is 1. The number of para-hydroxylation sites is 1. The molecule has 1 spiro atoms. The highest BCUT2D eigenvalue weighted by Gasteiger charge is 2.70. The first kappa shape index (κ1) is 24.2. The van der Waals surface area contributed by atoms with Crippen LogP contribution in [0, 0.1) is 18.7 Å². The predicted molar refractivity (Wildman–Crippen MR) is 152 cm³/mol. The Kier molecular flexibility index (Phi) is 5.36. The first-order valence-electron chi connectivity index (χ1n) is 13.3. The summed E-state index contributed by atoms with van der Waals surface area (Å²) in [5.41, 5.74) is 2.74. The average Bonchev–Trinajstić information content (AvgIpc) is 3.45. The molecule has 196 valence electrons. The number of Topliss-reactive ketones (excluding diaryl/α,β-unsaturated/α-hetero) is 2. The number of nitrogens with zero attached hydrogens (tertiary/aromatic N) is 1. The van der Waals surface area contributed by atoms with Gasteiger partial charge in [0.25, 0.3) is 0 Å². The largest absolute Gasteiger partial charge is 0.352 e. The summed E-state index contributed by atoms with van der Waals surface area (Å²) >= 11 is 0. The second-order valence-electron chi connectivity index (χ2n) is 10.6. The summed E-state index contributed by atoms with van der Waals surface area (Å²) in [6.07, 6.45) is 3.88. The lowest BCUT2D eigenvalue weighted by molar-refractivity contribution is -0.121. The normalized spacial score (nSPS) is 23.9. The van der Waals surface area contributed by atoms with Gasteiger partial charge in [0.2, 0.25) is 5.91 Å². The fraction of sp³-hybridized carbons (Fsp3) is 0.147. The summed E-state index contributed by atoms with van der Waals surface area (Å²) in [7, 11) is 0. The second kappa shape index (κ2) is 8.85. The highest BCUT2D eigenvalue weighted by atomic mass is 19.1. The van der Waals surface area contributed by atoms with E-state index in [0.717, 1.165) is 16.8 Å². The first-order chi connectivity index (χ1) is 19.4. The summed E-state index contributed by atoms with van der Waals surface area (Å²) < 4.78 is 15.2. The molecule has 1 N–H and O–H groups in total. The van der Waals surface area contributed by atoms with Gasteiger partial charge in [-0.05, 0) is 48.4 Å². The van der Waals surface area contributed by atoms with Gasteiger partial charge in [-0.15, -0.1) is 0 Å². The number of fused-ring (bicyclic) bond motifs is 6. The Labute approximate surface area is 231 Å². The van der Waals surface area contributed by atoms with Crippen molar-refractivity contribution in [3.63, 3.8) is 0 Å². The molecule has 0 aromatic heterocycles. The molecule has 7 rings (SSSR count). The van der Waals surface area contributed by atoms with E-state index in [0.29, 0.717) is 16.8 Å². The van der Waals surface area contributed by atoms with Crippen LogP contribution < -0.4 is 10.2 Å². The van der Waals surface area contributed by atoms with Crippen LogP contribution in [0.3, 0.4) is 0 Å². The number of amides is 1. The molecule has 0 aliphatic carbocycles. The molecular formula is C34H25FN2O3. The summed E-state index contributed by atoms with van der Waals surface area (Å²) in [5.74, 6) is -3.13. The summed E-state index contributed by atoms with van der Waals surface area (Å²) in [4.78, 5) is 45.4. The zero-order chi connectivity index (χ0) is 27.6. The molecule has 0 bridgehead atoms. The van der Waals surface area contributed by atoms with Crippen LogP contribution in [0.15, 0.2) is 103 Å². The van der Waals surface area contributed by atoms with Gasteiger partial charge in [0, 0.05) is 16.9 Å². The van der Waals surface area contributed by atoms with Crippen LogP contribution in [-0.4, -0.2) is 29.6 Å². The number of carbonyl (C=O) groups is 3. The Bertz CT molecular complexity index is 1750. The molecule has 1 saturated heterocycles. The topological polar surface area (TPSA) is 66.5 Å². The molecule has 3 aliphatic heterocycles. The minimum Gasteiger partial charge on any atom is -0.352 e. The number of aryl methyl sites for hydroxylation is 1. The molecule has 0 saturated carbocycles. The van der Waals surface area contributed by atoms with Crippen molar-refractivity contribution in [2.45, 2.75) is 24.4 Å². The molecule has 4 aromatic rings. The maximum atomic E-state index is 15.2. The third-order valence-electron chi connectivity index (χ3n) is 8.54. The fourth-order valence-corrected chi connectivity index (χ4v) is 6.90. The van der Waals surface area contributed by atoms with Crippen LogP contribution in [0.1, 0.15) is 37.4 Å². The van der Waals surface area contributed by atoms with Gasteiger partial charge < -0.3 is 10.2 Å². The predicted octanol–water partition coefficient (Wildman–Crippen LogP) is 5.99. The second-order valence-corrected chi connectivity index (χ2v) is 10.6. The SMILES string of the molecule is Cc1ccc2c(c1)C=C[C@H]1N2[C@H](C(=O)c2ccccc2)[C@@H](C(=O)c2ccccc2F)[C@]12C(=O)Nc1ccccc12. The van der Waals surface area contributed by atoms with Crippen LogP contribution in [-0.2, 0) is 10.2 Å². The number of benzene rings is 4. The zero-order valence-corrected chi connectivity index (χ0v) is 21.7. The van der Waals surface area contributed by atoms with Crippen LogP contribution in [0.25, 0.3) is 6.08 Å². The molecule has 4 atom stereocenters. The Morgan fingerprint density at radius 2 is 1.60 bits per heavy atom. The number of hydrogen-bond acceptors (Lipinski definition) is 4. The molecule has 3 aliphatic rings. The van der Waals surface area contributed by atoms with E-state index in [1.165, 1.54) is 18.2 Å². The lowest BCUT2D eigenvalue weighted by Gasteiger charge is -2.37. The van der Waals surface area contributed by atoms with Gasteiger partial charge in [0.1, 0.15) is 17.3 Å². The van der Waals surface area contributed by atoms with Crippen molar-refractivity contribution in [3.05, 3.63) is 137 Å². The van der Waals surface area contributed by atoms with Crippen LogP contribution >= 0.6 is 0 Å². The van der Waals surface area contributed by atoms with Crippen molar-refractivity contribution in [2.75, 3.05) is 10.2 Å². The van der Waals surface area contributed by atoms with Gasteiger partial charge in [0.15, 0.2) is 11.6 Å². The number of rotatable bonds is 4. The third-order valence-corrected chi connectivity index (χ3v) is 8.54. The van der Waals surface area contributed by atoms with E-state index < -0.39 is 35.0 Å². The molecule has 4 aromatic carbocycles. The van der Waals surface area contributed by atoms with Gasteiger partial charge in [-0.2, -0.15) is 0 Å². The molecule has 3 heterocycles. The lowest BCUT2D eigenvalue weighted by atomic mass is 9.64. The van der Waals surface area contributed by atoms with E-state index in [1.807, 2.05) is 66.4 Å². The summed E-state index contributed by atoms with van der Waals surface area (Å²) in [6.45, 7) is 1.99. The lowest BCUT2D eigenvalue weighted by Crippen LogP contribution is -2.51. The summed E-state index contributed by atoms with van der Waals surface area (Å²) in [5, 5.41) is 2.99. The van der Waals surface area contributed by atoms with Crippen LogP contribution in [0.4, 0.5) is 15.8 Å². The molecule has 6 heteroatoms. The van der Waals surface area contributed by atoms with Gasteiger partial charge in [-0.3, -0.25) is 14.4 Å². The molecule has 40 heavy (non-hydrogen) atoms. The minimum absolute atomic E-state index is 0.136. The van der Waals surface area contributed by atoms with Crippen molar-refractivity contribution in [2.24, 2.45) is 5.92 Å². The highest BCUT2D eigenvalue weighted by Crippen LogP contribution is 2.58. The van der Waals surface area contributed by atoms with E-state index in [2.05, 4.69) is 5.32 Å². The maximum Gasteiger partial charge on any atom is 0.238 e. The van der Waals surface area contributed by atoms with Gasteiger partial charge >= 0.3 is 0 Å². The molecular weight excluding hydrogens is 503 g/mol. The Balaban J connectivity index is 1.56. The van der Waals surface area contributed by atoms with Crippen molar-refractivity contribution >= 4 is 34.9 Å². The molecule has 1 fully saturated rings. The Morgan fingerprint density at radius 3 is 2.40 bits per heavy atom. The molecule has 1 amide bonds.